The van der Waals surface area contributed by atoms with Gasteiger partial charge in [0, 0.05) is 146 Å². The highest BCUT2D eigenvalue weighted by molar-refractivity contribution is 5.93. The van der Waals surface area contributed by atoms with E-state index in [0.717, 1.165) is 61.8 Å². The Morgan fingerprint density at radius 2 is 0.648 bits per heavy atom. The van der Waals surface area contributed by atoms with Gasteiger partial charge in [0.05, 0.1) is 65.0 Å². The van der Waals surface area contributed by atoms with Crippen LogP contribution in [-0.2, 0) is 42.3 Å². The van der Waals surface area contributed by atoms with Crippen LogP contribution in [0.1, 0.15) is 33.4 Å². The molecule has 18 aromatic rings. The van der Waals surface area contributed by atoms with Gasteiger partial charge in [-0.2, -0.15) is 0 Å². The Morgan fingerprint density at radius 3 is 1.25 bits per heavy atom. The van der Waals surface area contributed by atoms with E-state index in [1.807, 2.05) is 267 Å². The first-order valence-electron chi connectivity index (χ1n) is 35.5. The number of rotatable bonds is 6. The predicted octanol–water partition coefficient (Wildman–Crippen LogP) is 14.6. The normalized spacial score (nSPS) is 10.8. The number of hydrogen-bond acceptors (Lipinski definition) is 12. The van der Waals surface area contributed by atoms with E-state index in [9.17, 15) is 0 Å². The molecule has 18 nitrogen and oxygen atoms in total. The monoisotopic (exact) mass is 1420 g/mol. The molecular formula is C90H84N18+6. The largest absolute Gasteiger partial charge is 0.348 e. The molecule has 0 unspecified atom stereocenters. The van der Waals surface area contributed by atoms with Crippen molar-refractivity contribution in [2.75, 3.05) is 0 Å². The average molecular weight is 1420 g/mol. The zero-order chi connectivity index (χ0) is 75.2. The first-order chi connectivity index (χ1) is 52.6. The molecule has 6 aromatic carbocycles. The van der Waals surface area contributed by atoms with E-state index in [1.54, 1.807) is 6.20 Å². The summed E-state index contributed by atoms with van der Waals surface area (Å²) in [5.74, 6) is 0.890. The molecule has 0 radical (unpaired) electrons. The first-order valence-corrected chi connectivity index (χ1v) is 35.5. The van der Waals surface area contributed by atoms with Crippen LogP contribution in [0.25, 0.3) is 133 Å². The summed E-state index contributed by atoms with van der Waals surface area (Å²) in [7, 11) is 12.0. The summed E-state index contributed by atoms with van der Waals surface area (Å²) in [6, 6.07) is 57.8. The van der Waals surface area contributed by atoms with Gasteiger partial charge in [0.25, 0.3) is 31.6 Å². The summed E-state index contributed by atoms with van der Waals surface area (Å²) in [6.45, 7) is 12.8. The predicted molar refractivity (Wildman–Crippen MR) is 425 cm³/mol. The lowest BCUT2D eigenvalue weighted by atomic mass is 9.99. The van der Waals surface area contributed by atoms with Gasteiger partial charge in [-0.1, -0.05) is 97.7 Å². The van der Waals surface area contributed by atoms with Crippen molar-refractivity contribution in [1.82, 2.24) is 59.8 Å². The second-order valence-corrected chi connectivity index (χ2v) is 26.4. The van der Waals surface area contributed by atoms with Crippen LogP contribution in [0.2, 0.25) is 0 Å². The molecule has 528 valence electrons. The molecule has 0 spiro atoms. The quantitative estimate of drug-likeness (QED) is 0.144. The molecule has 0 saturated carbocycles. The van der Waals surface area contributed by atoms with Gasteiger partial charge in [-0.15, -0.1) is 0 Å². The van der Waals surface area contributed by atoms with Gasteiger partial charge in [-0.05, 0) is 157 Å². The van der Waals surface area contributed by atoms with E-state index in [1.165, 1.54) is 104 Å². The lowest BCUT2D eigenvalue weighted by Crippen LogP contribution is -2.31. The lowest BCUT2D eigenvalue weighted by Gasteiger charge is -2.08. The van der Waals surface area contributed by atoms with Crippen LogP contribution in [-0.4, -0.2) is 59.8 Å². The van der Waals surface area contributed by atoms with Crippen molar-refractivity contribution in [3.63, 3.8) is 0 Å². The van der Waals surface area contributed by atoms with Crippen LogP contribution >= 0.6 is 0 Å². The van der Waals surface area contributed by atoms with Crippen LogP contribution < -0.4 is 27.4 Å². The molecule has 108 heavy (non-hydrogen) atoms. The van der Waals surface area contributed by atoms with Crippen molar-refractivity contribution in [3.8, 4) is 67.8 Å². The fourth-order valence-corrected chi connectivity index (χ4v) is 13.6. The minimum atomic E-state index is 0.890. The van der Waals surface area contributed by atoms with E-state index in [0.29, 0.717) is 0 Å². The fourth-order valence-electron chi connectivity index (χ4n) is 13.6. The summed E-state index contributed by atoms with van der Waals surface area (Å²) in [5, 5.41) is 10.8. The Balaban J connectivity index is 0.000000114. The second-order valence-electron chi connectivity index (χ2n) is 26.4. The van der Waals surface area contributed by atoms with Gasteiger partial charge >= 0.3 is 5.82 Å². The number of aromatic nitrogens is 18. The third-order valence-corrected chi connectivity index (χ3v) is 19.6. The van der Waals surface area contributed by atoms with Crippen LogP contribution in [0.3, 0.4) is 0 Å². The summed E-state index contributed by atoms with van der Waals surface area (Å²) in [5.41, 5.74) is 23.3. The number of hydrogen-bond donors (Lipinski definition) is 0. The number of nitrogens with zero attached hydrogens (tertiary/aromatic N) is 18. The third-order valence-electron chi connectivity index (χ3n) is 19.6. The van der Waals surface area contributed by atoms with Crippen molar-refractivity contribution in [2.45, 2.75) is 41.5 Å². The minimum Gasteiger partial charge on any atom is -0.264 e. The topological polar surface area (TPSA) is 178 Å². The number of fused-ring (bicyclic) bond motifs is 6. The maximum atomic E-state index is 4.55. The molecule has 0 N–H and O–H groups in total. The number of aryl methyl sites for hydroxylation is 12. The number of benzene rings is 6. The molecule has 0 aliphatic carbocycles. The van der Waals surface area contributed by atoms with Gasteiger partial charge in [0.2, 0.25) is 0 Å². The Bertz CT molecular complexity index is 5300. The van der Waals surface area contributed by atoms with Gasteiger partial charge in [0.1, 0.15) is 65.7 Å². The van der Waals surface area contributed by atoms with Crippen molar-refractivity contribution < 1.29 is 27.4 Å². The van der Waals surface area contributed by atoms with Gasteiger partial charge in [0.15, 0.2) is 5.69 Å². The van der Waals surface area contributed by atoms with E-state index in [-0.39, 0.29) is 0 Å². The Labute approximate surface area is 628 Å². The summed E-state index contributed by atoms with van der Waals surface area (Å²) in [6.07, 6.45) is 37.0. The Hall–Kier alpha value is -13.7. The van der Waals surface area contributed by atoms with Gasteiger partial charge in [-0.3, -0.25) is 24.9 Å². The molecule has 0 aliphatic rings. The minimum absolute atomic E-state index is 0.890. The van der Waals surface area contributed by atoms with Gasteiger partial charge in [-0.25, -0.2) is 32.4 Å². The highest BCUT2D eigenvalue weighted by Gasteiger charge is 2.20. The summed E-state index contributed by atoms with van der Waals surface area (Å²) >= 11 is 0. The highest BCUT2D eigenvalue weighted by Crippen LogP contribution is 2.32. The molecule has 0 aliphatic heterocycles. The molecular weight excluding hydrogens is 1330 g/mol. The van der Waals surface area contributed by atoms with Crippen LogP contribution in [0, 0.1) is 41.5 Å². The zero-order valence-electron chi connectivity index (χ0n) is 62.8. The van der Waals surface area contributed by atoms with E-state index < -0.39 is 0 Å². The van der Waals surface area contributed by atoms with Gasteiger partial charge < -0.3 is 0 Å². The Morgan fingerprint density at radius 1 is 0.231 bits per heavy atom. The van der Waals surface area contributed by atoms with Crippen molar-refractivity contribution >= 4 is 65.0 Å². The van der Waals surface area contributed by atoms with Crippen LogP contribution in [0.15, 0.2) is 294 Å². The highest BCUT2D eigenvalue weighted by atomic mass is 15.0. The smallest absolute Gasteiger partial charge is 0.264 e. The molecule has 12 aromatic heterocycles. The zero-order valence-corrected chi connectivity index (χ0v) is 62.8. The molecule has 0 amide bonds. The number of para-hydroxylation sites is 1. The van der Waals surface area contributed by atoms with Crippen molar-refractivity contribution in [1.29, 1.82) is 0 Å². The van der Waals surface area contributed by atoms with Crippen molar-refractivity contribution in [2.24, 2.45) is 42.3 Å². The molecule has 18 rings (SSSR count). The standard InChI is InChI=1S/6C15H14N3/c1-11-13-5-7-16-9-12(13)3-4-14(11)15-6-8-17-10-18(15)2;1-11-13(15-6-8-17-10-18(15)2)4-3-12-5-7-16-9-14(11)12;1-11-12-4-3-8-17-14(12)6-5-13(11)15-7-9-16-10-18(15)2;1-11-13(14-7-9-16-10-18(14)2)6-5-12-4-3-8-17-15(11)12;1-11-13-7-4-3-6-12(13)10-17-14(11)15-16-8-5-9-18(15)2;1-11-12-5-3-4-6-14(12)17-9-13(11)15-7-8-16-10-18(15)2/h6*3-10H,1-2H3/q6*+1. The van der Waals surface area contributed by atoms with Crippen LogP contribution in [0.4, 0.5) is 0 Å². The number of pyridine rings is 6. The first kappa shape index (κ1) is 72.6. The van der Waals surface area contributed by atoms with Crippen molar-refractivity contribution in [3.05, 3.63) is 328 Å². The molecule has 0 fully saturated rings. The molecule has 0 bridgehead atoms. The maximum absolute atomic E-state index is 4.55. The summed E-state index contributed by atoms with van der Waals surface area (Å²) < 4.78 is 12.1. The van der Waals surface area contributed by atoms with E-state index in [4.69, 9.17) is 0 Å². The maximum Gasteiger partial charge on any atom is 0.348 e. The Kier molecular flexibility index (Phi) is 22.4. The molecule has 12 heterocycles. The molecule has 0 atom stereocenters. The fraction of sp³-hybridized carbons (Fsp3) is 0.133. The lowest BCUT2D eigenvalue weighted by molar-refractivity contribution is -0.663. The summed E-state index contributed by atoms with van der Waals surface area (Å²) in [4.78, 5) is 51.3. The third kappa shape index (κ3) is 15.8. The SMILES string of the molecule is Cc1c(-c2ccnc[n+]2C)ccc2cccnc12.Cc1c(-c2ccnc[n+]2C)ccc2ccncc12.Cc1c(-c2ccnc[n+]2C)ccc2cnccc12.Cc1c(-c2ccnc[n+]2C)ccc2ncccc12.Cc1c(-c2ccnc[n+]2C)cnc2ccccc12.Cc1c(-c2nccc[n+]2C)ncc2ccccc12. The average Bonchev–Trinajstić information content (AvgIpc) is 0.826. The molecule has 18 heteroatoms. The van der Waals surface area contributed by atoms with E-state index >= 15 is 0 Å². The van der Waals surface area contributed by atoms with Crippen LogP contribution in [0.5, 0.6) is 0 Å². The van der Waals surface area contributed by atoms with E-state index in [2.05, 4.69) is 192 Å². The molecule has 0 saturated heterocycles. The second kappa shape index (κ2) is 33.4.